The average molecular weight is 330 g/mol. The smallest absolute Gasteiger partial charge is 0.256 e. The molecule has 0 spiro atoms. The molecule has 0 aliphatic carbocycles. The second kappa shape index (κ2) is 9.48. The van der Waals surface area contributed by atoms with Gasteiger partial charge in [-0.05, 0) is 60.7 Å². The van der Waals surface area contributed by atoms with Gasteiger partial charge < -0.3 is 15.0 Å². The fourth-order valence-electron chi connectivity index (χ4n) is 2.56. The molecule has 0 saturated heterocycles. The van der Waals surface area contributed by atoms with Crippen molar-refractivity contribution in [1.29, 1.82) is 0 Å². The van der Waals surface area contributed by atoms with Crippen molar-refractivity contribution in [3.05, 3.63) is 48.0 Å². The van der Waals surface area contributed by atoms with E-state index < -0.39 is 0 Å². The van der Waals surface area contributed by atoms with E-state index >= 15 is 0 Å². The summed E-state index contributed by atoms with van der Waals surface area (Å²) in [5, 5.41) is 6.13. The first-order chi connectivity index (χ1) is 11.2. The van der Waals surface area contributed by atoms with Crippen molar-refractivity contribution in [3.8, 4) is 0 Å². The Hall–Kier alpha value is -1.65. The number of benzene rings is 2. The van der Waals surface area contributed by atoms with Crippen LogP contribution < -0.4 is 5.32 Å². The van der Waals surface area contributed by atoms with E-state index in [0.29, 0.717) is 11.8 Å². The number of rotatable bonds is 8. The van der Waals surface area contributed by atoms with Gasteiger partial charge in [0.05, 0.1) is 0 Å². The third-order valence-electron chi connectivity index (χ3n) is 4.00. The lowest BCUT2D eigenvalue weighted by molar-refractivity contribution is 0.279. The maximum Gasteiger partial charge on any atom is 0.256 e. The first kappa shape index (κ1) is 17.7. The van der Waals surface area contributed by atoms with Gasteiger partial charge in [-0.3, -0.25) is 0 Å². The SMILES string of the molecule is CCN(CC)CCCNC(=S)OCc1ccc2ccccc2c1. The molecule has 0 fully saturated rings. The highest BCUT2D eigenvalue weighted by molar-refractivity contribution is 7.80. The topological polar surface area (TPSA) is 24.5 Å². The van der Waals surface area contributed by atoms with Crippen LogP contribution in [0.15, 0.2) is 42.5 Å². The van der Waals surface area contributed by atoms with Crippen LogP contribution in [-0.4, -0.2) is 36.3 Å². The number of nitrogens with one attached hydrogen (secondary N) is 1. The zero-order valence-corrected chi connectivity index (χ0v) is 14.9. The van der Waals surface area contributed by atoms with Crippen molar-refractivity contribution in [2.45, 2.75) is 26.9 Å². The molecule has 124 valence electrons. The van der Waals surface area contributed by atoms with Crippen LogP contribution in [-0.2, 0) is 11.3 Å². The molecule has 0 atom stereocenters. The summed E-state index contributed by atoms with van der Waals surface area (Å²) in [5.74, 6) is 0. The highest BCUT2D eigenvalue weighted by Crippen LogP contribution is 2.16. The van der Waals surface area contributed by atoms with Crippen molar-refractivity contribution < 1.29 is 4.74 Å². The molecule has 2 aromatic carbocycles. The minimum absolute atomic E-state index is 0.484. The van der Waals surface area contributed by atoms with Crippen molar-refractivity contribution in [2.75, 3.05) is 26.2 Å². The van der Waals surface area contributed by atoms with Crippen LogP contribution in [0, 0.1) is 0 Å². The van der Waals surface area contributed by atoms with Gasteiger partial charge in [-0.25, -0.2) is 0 Å². The Labute approximate surface area is 144 Å². The van der Waals surface area contributed by atoms with Gasteiger partial charge in [0.15, 0.2) is 0 Å². The summed E-state index contributed by atoms with van der Waals surface area (Å²) in [6, 6.07) is 14.7. The molecule has 3 nitrogen and oxygen atoms in total. The van der Waals surface area contributed by atoms with Crippen molar-refractivity contribution >= 4 is 28.2 Å². The van der Waals surface area contributed by atoms with Crippen molar-refractivity contribution in [2.24, 2.45) is 0 Å². The van der Waals surface area contributed by atoms with Gasteiger partial charge in [-0.2, -0.15) is 0 Å². The highest BCUT2D eigenvalue weighted by atomic mass is 32.1. The molecule has 4 heteroatoms. The van der Waals surface area contributed by atoms with E-state index in [1.54, 1.807) is 0 Å². The van der Waals surface area contributed by atoms with Gasteiger partial charge in [0.1, 0.15) is 6.61 Å². The van der Waals surface area contributed by atoms with Crippen LogP contribution in [0.25, 0.3) is 10.8 Å². The highest BCUT2D eigenvalue weighted by Gasteiger charge is 2.02. The number of ether oxygens (including phenoxy) is 1. The Morgan fingerprint density at radius 2 is 1.83 bits per heavy atom. The quantitative estimate of drug-likeness (QED) is 0.585. The largest absolute Gasteiger partial charge is 0.466 e. The zero-order valence-electron chi connectivity index (χ0n) is 14.0. The van der Waals surface area contributed by atoms with E-state index in [2.05, 4.69) is 66.5 Å². The van der Waals surface area contributed by atoms with Gasteiger partial charge in [-0.15, -0.1) is 0 Å². The molecule has 0 heterocycles. The maximum atomic E-state index is 5.64. The summed E-state index contributed by atoms with van der Waals surface area (Å²) in [5.41, 5.74) is 1.14. The number of hydrogen-bond donors (Lipinski definition) is 1. The molecule has 0 amide bonds. The van der Waals surface area contributed by atoms with E-state index in [0.717, 1.165) is 38.2 Å². The molecule has 0 unspecified atom stereocenters. The predicted octanol–water partition coefficient (Wildman–Crippen LogP) is 3.96. The third kappa shape index (κ3) is 5.81. The fourth-order valence-corrected chi connectivity index (χ4v) is 2.72. The molecule has 0 saturated carbocycles. The average Bonchev–Trinajstić information content (AvgIpc) is 2.60. The molecule has 2 rings (SSSR count). The molecule has 1 N–H and O–H groups in total. The molecule has 23 heavy (non-hydrogen) atoms. The number of thiocarbonyl (C=S) groups is 1. The molecule has 0 aromatic heterocycles. The van der Waals surface area contributed by atoms with Crippen molar-refractivity contribution in [3.63, 3.8) is 0 Å². The molecular formula is C19H26N2OS. The lowest BCUT2D eigenvalue weighted by atomic mass is 10.1. The monoisotopic (exact) mass is 330 g/mol. The Kier molecular flexibility index (Phi) is 7.30. The Bertz CT molecular complexity index is 626. The minimum Gasteiger partial charge on any atom is -0.466 e. The minimum atomic E-state index is 0.484. The van der Waals surface area contributed by atoms with Crippen LogP contribution in [0.1, 0.15) is 25.8 Å². The van der Waals surface area contributed by atoms with Crippen LogP contribution >= 0.6 is 12.2 Å². The second-order valence-electron chi connectivity index (χ2n) is 5.56. The summed E-state index contributed by atoms with van der Waals surface area (Å²) in [4.78, 5) is 2.40. The first-order valence-corrected chi connectivity index (χ1v) is 8.74. The maximum absolute atomic E-state index is 5.64. The van der Waals surface area contributed by atoms with Gasteiger partial charge >= 0.3 is 0 Å². The molecule has 0 bridgehead atoms. The summed E-state index contributed by atoms with van der Waals surface area (Å²) < 4.78 is 5.64. The first-order valence-electron chi connectivity index (χ1n) is 8.33. The Morgan fingerprint density at radius 3 is 2.57 bits per heavy atom. The van der Waals surface area contributed by atoms with E-state index in [1.165, 1.54) is 10.8 Å². The summed E-state index contributed by atoms with van der Waals surface area (Å²) >= 11 is 5.24. The molecular weight excluding hydrogens is 304 g/mol. The van der Waals surface area contributed by atoms with Gasteiger partial charge in [0, 0.05) is 6.54 Å². The number of nitrogens with zero attached hydrogens (tertiary/aromatic N) is 1. The van der Waals surface area contributed by atoms with E-state index in [1.807, 2.05) is 0 Å². The predicted molar refractivity (Wildman–Crippen MR) is 102 cm³/mol. The number of hydrogen-bond acceptors (Lipinski definition) is 3. The molecule has 2 aromatic rings. The van der Waals surface area contributed by atoms with Crippen LogP contribution in [0.3, 0.4) is 0 Å². The second-order valence-corrected chi connectivity index (χ2v) is 5.94. The van der Waals surface area contributed by atoms with E-state index in [-0.39, 0.29) is 0 Å². The molecule has 0 aliphatic rings. The van der Waals surface area contributed by atoms with E-state index in [9.17, 15) is 0 Å². The third-order valence-corrected chi connectivity index (χ3v) is 4.26. The van der Waals surface area contributed by atoms with Crippen LogP contribution in [0.4, 0.5) is 0 Å². The lowest BCUT2D eigenvalue weighted by Gasteiger charge is -2.18. The van der Waals surface area contributed by atoms with E-state index in [4.69, 9.17) is 17.0 Å². The summed E-state index contributed by atoms with van der Waals surface area (Å²) in [7, 11) is 0. The summed E-state index contributed by atoms with van der Waals surface area (Å²) in [6.45, 7) is 9.02. The van der Waals surface area contributed by atoms with Crippen molar-refractivity contribution in [1.82, 2.24) is 10.2 Å². The van der Waals surface area contributed by atoms with Crippen LogP contribution in [0.2, 0.25) is 0 Å². The fraction of sp³-hybridized carbons (Fsp3) is 0.421. The molecule has 0 radical (unpaired) electrons. The zero-order chi connectivity index (χ0) is 16.5. The Balaban J connectivity index is 1.71. The Morgan fingerprint density at radius 1 is 1.09 bits per heavy atom. The summed E-state index contributed by atoms with van der Waals surface area (Å²) in [6.07, 6.45) is 1.07. The normalized spacial score (nSPS) is 10.9. The number of fused-ring (bicyclic) bond motifs is 1. The standard InChI is InChI=1S/C19H26N2OS/c1-3-21(4-2)13-7-12-20-19(23)22-15-16-10-11-17-8-5-6-9-18(17)14-16/h5-6,8-11,14H,3-4,7,12-13,15H2,1-2H3,(H,20,23). The van der Waals surface area contributed by atoms with Gasteiger partial charge in [0.2, 0.25) is 0 Å². The molecule has 0 aliphatic heterocycles. The lowest BCUT2D eigenvalue weighted by Crippen LogP contribution is -2.30. The van der Waals surface area contributed by atoms with Gasteiger partial charge in [-0.1, -0.05) is 50.2 Å². The van der Waals surface area contributed by atoms with Crippen LogP contribution in [0.5, 0.6) is 0 Å². The van der Waals surface area contributed by atoms with Gasteiger partial charge in [0.25, 0.3) is 5.17 Å².